The maximum Gasteiger partial charge on any atom is 0.407 e. The minimum atomic E-state index is -0.484. The maximum atomic E-state index is 11.6. The zero-order valence-electron chi connectivity index (χ0n) is 16.9. The van der Waals surface area contributed by atoms with Gasteiger partial charge in [-0.05, 0) is 44.9 Å². The van der Waals surface area contributed by atoms with E-state index in [1.165, 1.54) is 6.33 Å². The van der Waals surface area contributed by atoms with Crippen LogP contribution < -0.4 is 16.0 Å². The Morgan fingerprint density at radius 1 is 1.14 bits per heavy atom. The molecule has 28 heavy (non-hydrogen) atoms. The van der Waals surface area contributed by atoms with E-state index >= 15 is 0 Å². The predicted molar refractivity (Wildman–Crippen MR) is 108 cm³/mol. The molecule has 2 rings (SSSR count). The first-order valence-electron chi connectivity index (χ1n) is 9.23. The van der Waals surface area contributed by atoms with Crippen molar-refractivity contribution in [1.82, 2.24) is 30.7 Å². The van der Waals surface area contributed by atoms with Gasteiger partial charge in [-0.25, -0.2) is 14.5 Å². The molecule has 9 heteroatoms. The van der Waals surface area contributed by atoms with E-state index in [1.54, 1.807) is 18.1 Å². The molecule has 0 aliphatic heterocycles. The smallest absolute Gasteiger partial charge is 0.407 e. The molecule has 2 aromatic rings. The Kier molecular flexibility index (Phi) is 7.79. The molecule has 1 amide bonds. The van der Waals surface area contributed by atoms with Crippen molar-refractivity contribution in [1.29, 1.82) is 0 Å². The van der Waals surface area contributed by atoms with Gasteiger partial charge >= 0.3 is 6.09 Å². The molecule has 3 N–H and O–H groups in total. The average molecular weight is 387 g/mol. The van der Waals surface area contributed by atoms with Gasteiger partial charge < -0.3 is 20.7 Å². The third kappa shape index (κ3) is 7.65. The first-order chi connectivity index (χ1) is 13.4. The summed E-state index contributed by atoms with van der Waals surface area (Å²) in [6, 6.07) is 8.04. The number of alkyl carbamates (subject to hydrolysis) is 1. The molecule has 1 heterocycles. The molecule has 0 saturated carbocycles. The summed E-state index contributed by atoms with van der Waals surface area (Å²) in [7, 11) is 1.72. The number of amides is 1. The Bertz CT molecular complexity index is 750. The van der Waals surface area contributed by atoms with Gasteiger partial charge in [0.1, 0.15) is 18.3 Å². The highest BCUT2D eigenvalue weighted by Crippen LogP contribution is 2.08. The fraction of sp³-hybridized carbons (Fsp3) is 0.474. The summed E-state index contributed by atoms with van der Waals surface area (Å²) in [6.45, 7) is 7.38. The van der Waals surface area contributed by atoms with E-state index in [1.807, 2.05) is 45.0 Å². The van der Waals surface area contributed by atoms with Crippen molar-refractivity contribution < 1.29 is 9.53 Å². The number of rotatable bonds is 7. The molecule has 1 aromatic carbocycles. The molecule has 0 aliphatic rings. The summed E-state index contributed by atoms with van der Waals surface area (Å²) in [5.41, 5.74) is 1.60. The number of hydrogen-bond acceptors (Lipinski definition) is 5. The molecule has 0 fully saturated rings. The summed E-state index contributed by atoms with van der Waals surface area (Å²) in [5, 5.41) is 13.3. The van der Waals surface area contributed by atoms with Gasteiger partial charge in [0.05, 0.1) is 5.69 Å². The highest BCUT2D eigenvalue weighted by molar-refractivity contribution is 5.79. The van der Waals surface area contributed by atoms with E-state index in [0.29, 0.717) is 25.6 Å². The SMILES string of the molecule is CN=C(NCCCNC(=O)OC(C)(C)C)NCc1ccc(-n2cncn2)cc1. The van der Waals surface area contributed by atoms with Gasteiger partial charge in [-0.2, -0.15) is 5.10 Å². The van der Waals surface area contributed by atoms with E-state index in [2.05, 4.69) is 31.0 Å². The number of nitrogens with one attached hydrogen (secondary N) is 3. The van der Waals surface area contributed by atoms with E-state index in [9.17, 15) is 4.79 Å². The predicted octanol–water partition coefficient (Wildman–Crippen LogP) is 1.85. The Morgan fingerprint density at radius 3 is 2.46 bits per heavy atom. The van der Waals surface area contributed by atoms with Gasteiger partial charge in [0.25, 0.3) is 0 Å². The zero-order chi connectivity index (χ0) is 20.4. The summed E-state index contributed by atoms with van der Waals surface area (Å²) in [5.74, 6) is 0.706. The number of guanidine groups is 1. The van der Waals surface area contributed by atoms with E-state index in [-0.39, 0.29) is 0 Å². The number of hydrogen-bond donors (Lipinski definition) is 3. The summed E-state index contributed by atoms with van der Waals surface area (Å²) in [6.07, 6.45) is 3.53. The lowest BCUT2D eigenvalue weighted by Crippen LogP contribution is -2.39. The summed E-state index contributed by atoms with van der Waals surface area (Å²) in [4.78, 5) is 19.7. The van der Waals surface area contributed by atoms with E-state index in [4.69, 9.17) is 4.74 Å². The second-order valence-corrected chi connectivity index (χ2v) is 7.14. The lowest BCUT2D eigenvalue weighted by atomic mass is 10.2. The van der Waals surface area contributed by atoms with Crippen LogP contribution in [0.1, 0.15) is 32.8 Å². The first kappa shape index (κ1) is 21.2. The largest absolute Gasteiger partial charge is 0.444 e. The average Bonchev–Trinajstić information content (AvgIpc) is 3.17. The Balaban J connectivity index is 1.65. The molecule has 0 saturated heterocycles. The minimum Gasteiger partial charge on any atom is -0.444 e. The van der Waals surface area contributed by atoms with Crippen molar-refractivity contribution in [3.63, 3.8) is 0 Å². The quantitative estimate of drug-likeness (QED) is 0.380. The van der Waals surface area contributed by atoms with Crippen molar-refractivity contribution in [3.8, 4) is 5.69 Å². The minimum absolute atomic E-state index is 0.399. The van der Waals surface area contributed by atoms with Crippen molar-refractivity contribution in [2.45, 2.75) is 39.3 Å². The van der Waals surface area contributed by atoms with Crippen LogP contribution >= 0.6 is 0 Å². The second-order valence-electron chi connectivity index (χ2n) is 7.14. The molecule has 0 atom stereocenters. The molecule has 1 aromatic heterocycles. The van der Waals surface area contributed by atoms with E-state index < -0.39 is 11.7 Å². The van der Waals surface area contributed by atoms with Crippen molar-refractivity contribution in [3.05, 3.63) is 42.5 Å². The molecule has 0 unspecified atom stereocenters. The molecule has 0 spiro atoms. The summed E-state index contributed by atoms with van der Waals surface area (Å²) >= 11 is 0. The van der Waals surface area contributed by atoms with Gasteiger partial charge in [-0.1, -0.05) is 12.1 Å². The molecular weight excluding hydrogens is 358 g/mol. The van der Waals surface area contributed by atoms with Crippen LogP contribution in [0.2, 0.25) is 0 Å². The molecule has 152 valence electrons. The zero-order valence-corrected chi connectivity index (χ0v) is 16.9. The third-order valence-corrected chi connectivity index (χ3v) is 3.62. The third-order valence-electron chi connectivity index (χ3n) is 3.62. The molecule has 0 aliphatic carbocycles. The summed E-state index contributed by atoms with van der Waals surface area (Å²) < 4.78 is 6.90. The van der Waals surface area contributed by atoms with Crippen molar-refractivity contribution in [2.75, 3.05) is 20.1 Å². The van der Waals surface area contributed by atoms with Crippen LogP contribution in [0, 0.1) is 0 Å². The van der Waals surface area contributed by atoms with Crippen LogP contribution in [0.25, 0.3) is 5.69 Å². The van der Waals surface area contributed by atoms with Crippen LogP contribution in [0.15, 0.2) is 41.9 Å². The number of benzene rings is 1. The number of aromatic nitrogens is 3. The van der Waals surface area contributed by atoms with Gasteiger partial charge in [0.15, 0.2) is 5.96 Å². The number of carbonyl (C=O) groups excluding carboxylic acids is 1. The molecule has 9 nitrogen and oxygen atoms in total. The van der Waals surface area contributed by atoms with Crippen LogP contribution in [0.3, 0.4) is 0 Å². The molecule has 0 radical (unpaired) electrons. The van der Waals surface area contributed by atoms with Gasteiger partial charge in [-0.15, -0.1) is 0 Å². The molecular formula is C19H29N7O2. The van der Waals surface area contributed by atoms with Gasteiger partial charge in [-0.3, -0.25) is 4.99 Å². The number of carbonyl (C=O) groups is 1. The standard InChI is InChI=1S/C19H29N7O2/c1-19(2,3)28-18(27)23-11-5-10-22-17(20-4)24-12-15-6-8-16(9-7-15)26-14-21-13-25-26/h6-9,13-14H,5,10-12H2,1-4H3,(H,23,27)(H2,20,22,24). The topological polar surface area (TPSA) is 105 Å². The van der Waals surface area contributed by atoms with Gasteiger partial charge in [0, 0.05) is 26.7 Å². The Hall–Kier alpha value is -3.10. The van der Waals surface area contributed by atoms with Crippen molar-refractivity contribution in [2.24, 2.45) is 4.99 Å². The number of nitrogens with zero attached hydrogens (tertiary/aromatic N) is 4. The number of ether oxygens (including phenoxy) is 1. The van der Waals surface area contributed by atoms with E-state index in [0.717, 1.165) is 17.7 Å². The van der Waals surface area contributed by atoms with Crippen LogP contribution in [0.4, 0.5) is 4.79 Å². The fourth-order valence-corrected chi connectivity index (χ4v) is 2.31. The van der Waals surface area contributed by atoms with Crippen LogP contribution in [-0.4, -0.2) is 52.6 Å². The van der Waals surface area contributed by atoms with Crippen LogP contribution in [-0.2, 0) is 11.3 Å². The van der Waals surface area contributed by atoms with Crippen LogP contribution in [0.5, 0.6) is 0 Å². The highest BCUT2D eigenvalue weighted by atomic mass is 16.6. The normalized spacial score (nSPS) is 11.8. The molecule has 0 bridgehead atoms. The Morgan fingerprint density at radius 2 is 1.86 bits per heavy atom. The first-order valence-corrected chi connectivity index (χ1v) is 9.23. The lowest BCUT2D eigenvalue weighted by Gasteiger charge is -2.19. The fourth-order valence-electron chi connectivity index (χ4n) is 2.31. The number of aliphatic imine (C=N–C) groups is 1. The highest BCUT2D eigenvalue weighted by Gasteiger charge is 2.15. The maximum absolute atomic E-state index is 11.6. The second kappa shape index (κ2) is 10.3. The van der Waals surface area contributed by atoms with Crippen molar-refractivity contribution >= 4 is 12.1 Å². The monoisotopic (exact) mass is 387 g/mol. The Labute approximate surface area is 165 Å². The van der Waals surface area contributed by atoms with Gasteiger partial charge in [0.2, 0.25) is 0 Å². The lowest BCUT2D eigenvalue weighted by molar-refractivity contribution is 0.0527.